The molecule has 1 amide bonds. The summed E-state index contributed by atoms with van der Waals surface area (Å²) in [7, 11) is 0. The number of carbonyl (C=O) groups is 1. The number of hydrogen-bond acceptors (Lipinski definition) is 2. The van der Waals surface area contributed by atoms with Crippen LogP contribution in [0.3, 0.4) is 0 Å². The summed E-state index contributed by atoms with van der Waals surface area (Å²) in [5.41, 5.74) is 3.05. The molecule has 1 aliphatic heterocycles. The second-order valence-corrected chi connectivity index (χ2v) is 6.00. The number of fused-ring (bicyclic) bond motifs is 1. The number of benzene rings is 1. The highest BCUT2D eigenvalue weighted by atomic mass is 35.5. The SMILES string of the molecule is Cc1ccc2nc(CCl)n(C(C)C(=O)N3CCCC3)c2c1. The normalized spacial score (nSPS) is 16.6. The Morgan fingerprint density at radius 3 is 2.76 bits per heavy atom. The number of aromatic nitrogens is 2. The Bertz CT molecular complexity index is 673. The predicted molar refractivity (Wildman–Crippen MR) is 84.6 cm³/mol. The monoisotopic (exact) mass is 305 g/mol. The summed E-state index contributed by atoms with van der Waals surface area (Å²) >= 11 is 6.04. The molecule has 5 heteroatoms. The zero-order valence-electron chi connectivity index (χ0n) is 12.5. The van der Waals surface area contributed by atoms with E-state index in [0.717, 1.165) is 48.4 Å². The van der Waals surface area contributed by atoms with Crippen LogP contribution >= 0.6 is 11.6 Å². The lowest BCUT2D eigenvalue weighted by atomic mass is 10.2. The van der Waals surface area contributed by atoms with Crippen molar-refractivity contribution in [2.75, 3.05) is 13.1 Å². The van der Waals surface area contributed by atoms with Crippen molar-refractivity contribution in [3.8, 4) is 0 Å². The molecule has 1 fully saturated rings. The van der Waals surface area contributed by atoms with Crippen molar-refractivity contribution in [2.24, 2.45) is 0 Å². The first-order valence-corrected chi connectivity index (χ1v) is 7.97. The third kappa shape index (κ3) is 2.53. The summed E-state index contributed by atoms with van der Waals surface area (Å²) in [6.45, 7) is 5.72. The molecule has 1 atom stereocenters. The van der Waals surface area contributed by atoms with E-state index in [4.69, 9.17) is 11.6 Å². The second-order valence-electron chi connectivity index (χ2n) is 5.73. The van der Waals surface area contributed by atoms with E-state index in [-0.39, 0.29) is 11.9 Å². The number of likely N-dealkylation sites (tertiary alicyclic amines) is 1. The highest BCUT2D eigenvalue weighted by Gasteiger charge is 2.27. The second kappa shape index (κ2) is 5.68. The molecular formula is C16H20ClN3O. The number of carbonyl (C=O) groups excluding carboxylic acids is 1. The van der Waals surface area contributed by atoms with Gasteiger partial charge in [-0.2, -0.15) is 0 Å². The summed E-state index contributed by atoms with van der Waals surface area (Å²) in [4.78, 5) is 19.2. The summed E-state index contributed by atoms with van der Waals surface area (Å²) in [5.74, 6) is 1.24. The van der Waals surface area contributed by atoms with Crippen molar-refractivity contribution in [1.82, 2.24) is 14.5 Å². The van der Waals surface area contributed by atoms with Gasteiger partial charge in [0, 0.05) is 13.1 Å². The lowest BCUT2D eigenvalue weighted by Gasteiger charge is -2.23. The summed E-state index contributed by atoms with van der Waals surface area (Å²) in [5, 5.41) is 0. The van der Waals surface area contributed by atoms with Crippen LogP contribution in [0.5, 0.6) is 0 Å². The summed E-state index contributed by atoms with van der Waals surface area (Å²) in [6.07, 6.45) is 2.20. The van der Waals surface area contributed by atoms with Gasteiger partial charge in [0.1, 0.15) is 11.9 Å². The molecule has 3 rings (SSSR count). The summed E-state index contributed by atoms with van der Waals surface area (Å²) < 4.78 is 2.00. The number of aryl methyl sites for hydroxylation is 1. The van der Waals surface area contributed by atoms with Crippen molar-refractivity contribution in [2.45, 2.75) is 38.6 Å². The Balaban J connectivity index is 2.04. The van der Waals surface area contributed by atoms with Gasteiger partial charge in [-0.05, 0) is 44.4 Å². The molecule has 2 aromatic rings. The number of nitrogens with zero attached hydrogens (tertiary/aromatic N) is 3. The number of halogens is 1. The van der Waals surface area contributed by atoms with Crippen molar-refractivity contribution < 1.29 is 4.79 Å². The quantitative estimate of drug-likeness (QED) is 0.816. The molecule has 0 spiro atoms. The smallest absolute Gasteiger partial charge is 0.245 e. The van der Waals surface area contributed by atoms with E-state index in [0.29, 0.717) is 5.88 Å². The Labute approximate surface area is 129 Å². The van der Waals surface area contributed by atoms with Crippen molar-refractivity contribution in [1.29, 1.82) is 0 Å². The van der Waals surface area contributed by atoms with Crippen LogP contribution < -0.4 is 0 Å². The van der Waals surface area contributed by atoms with E-state index in [1.54, 1.807) is 0 Å². The molecule has 4 nitrogen and oxygen atoms in total. The molecule has 1 unspecified atom stereocenters. The van der Waals surface area contributed by atoms with Crippen LogP contribution in [0.15, 0.2) is 18.2 Å². The lowest BCUT2D eigenvalue weighted by molar-refractivity contribution is -0.133. The molecule has 0 radical (unpaired) electrons. The standard InChI is InChI=1S/C16H20ClN3O/c1-11-5-6-13-14(9-11)20(15(10-17)18-13)12(2)16(21)19-7-3-4-8-19/h5-6,9,12H,3-4,7-8,10H2,1-2H3. The van der Waals surface area contributed by atoms with Gasteiger partial charge >= 0.3 is 0 Å². The molecule has 1 aromatic heterocycles. The fraction of sp³-hybridized carbons (Fsp3) is 0.500. The molecule has 0 N–H and O–H groups in total. The molecule has 21 heavy (non-hydrogen) atoms. The average molecular weight is 306 g/mol. The molecule has 0 bridgehead atoms. The van der Waals surface area contributed by atoms with Crippen molar-refractivity contribution in [3.05, 3.63) is 29.6 Å². The van der Waals surface area contributed by atoms with Gasteiger partial charge in [-0.1, -0.05) is 6.07 Å². The first-order chi connectivity index (χ1) is 10.1. The minimum atomic E-state index is -0.261. The number of amides is 1. The highest BCUT2D eigenvalue weighted by Crippen LogP contribution is 2.25. The first-order valence-electron chi connectivity index (χ1n) is 7.44. The molecule has 2 heterocycles. The Hall–Kier alpha value is -1.55. The highest BCUT2D eigenvalue weighted by molar-refractivity contribution is 6.17. The van der Waals surface area contributed by atoms with Gasteiger partial charge in [-0.25, -0.2) is 4.98 Å². The number of imidazole rings is 1. The van der Waals surface area contributed by atoms with Gasteiger partial charge in [-0.3, -0.25) is 4.79 Å². The number of rotatable bonds is 3. The fourth-order valence-electron chi connectivity index (χ4n) is 3.09. The lowest BCUT2D eigenvalue weighted by Crippen LogP contribution is -2.34. The van der Waals surface area contributed by atoms with Gasteiger partial charge in [-0.15, -0.1) is 11.6 Å². The van der Waals surface area contributed by atoms with Crippen LogP contribution in [0.2, 0.25) is 0 Å². The topological polar surface area (TPSA) is 38.1 Å². The Kier molecular flexibility index (Phi) is 3.89. The maximum Gasteiger partial charge on any atom is 0.245 e. The van der Waals surface area contributed by atoms with Crippen LogP contribution in [0.1, 0.15) is 37.2 Å². The van der Waals surface area contributed by atoms with E-state index < -0.39 is 0 Å². The molecule has 1 aliphatic rings. The maximum absolute atomic E-state index is 12.7. The zero-order chi connectivity index (χ0) is 15.0. The van der Waals surface area contributed by atoms with Gasteiger partial charge in [0.15, 0.2) is 0 Å². The first kappa shape index (κ1) is 14.4. The number of alkyl halides is 1. The molecule has 1 saturated heterocycles. The largest absolute Gasteiger partial charge is 0.341 e. The predicted octanol–water partition coefficient (Wildman–Crippen LogP) is 3.27. The average Bonchev–Trinajstić information content (AvgIpc) is 3.12. The van der Waals surface area contributed by atoms with Crippen LogP contribution in [0, 0.1) is 6.92 Å². The van der Waals surface area contributed by atoms with Crippen LogP contribution in [0.25, 0.3) is 11.0 Å². The Morgan fingerprint density at radius 2 is 2.10 bits per heavy atom. The van der Waals surface area contributed by atoms with Crippen LogP contribution in [-0.4, -0.2) is 33.4 Å². The summed E-state index contributed by atoms with van der Waals surface area (Å²) in [6, 6.07) is 5.84. The minimum Gasteiger partial charge on any atom is -0.341 e. The van der Waals surface area contributed by atoms with E-state index in [1.807, 2.05) is 35.4 Å². The van der Waals surface area contributed by atoms with Gasteiger partial charge < -0.3 is 9.47 Å². The van der Waals surface area contributed by atoms with Gasteiger partial charge in [0.2, 0.25) is 5.91 Å². The molecule has 1 aromatic carbocycles. The van der Waals surface area contributed by atoms with Crippen molar-refractivity contribution in [3.63, 3.8) is 0 Å². The minimum absolute atomic E-state index is 0.166. The molecule has 0 saturated carbocycles. The fourth-order valence-corrected chi connectivity index (χ4v) is 3.28. The van der Waals surface area contributed by atoms with E-state index in [2.05, 4.69) is 11.1 Å². The number of hydrogen-bond donors (Lipinski definition) is 0. The molecular weight excluding hydrogens is 286 g/mol. The van der Waals surface area contributed by atoms with Crippen LogP contribution in [0.4, 0.5) is 0 Å². The molecule has 112 valence electrons. The van der Waals surface area contributed by atoms with Gasteiger partial charge in [0.05, 0.1) is 16.9 Å². The maximum atomic E-state index is 12.7. The third-order valence-corrected chi connectivity index (χ3v) is 4.44. The van der Waals surface area contributed by atoms with Crippen LogP contribution in [-0.2, 0) is 10.7 Å². The zero-order valence-corrected chi connectivity index (χ0v) is 13.2. The van der Waals surface area contributed by atoms with Gasteiger partial charge in [0.25, 0.3) is 0 Å². The van der Waals surface area contributed by atoms with E-state index >= 15 is 0 Å². The van der Waals surface area contributed by atoms with E-state index in [1.165, 1.54) is 0 Å². The van der Waals surface area contributed by atoms with E-state index in [9.17, 15) is 4.79 Å². The third-order valence-electron chi connectivity index (χ3n) is 4.20. The molecule has 0 aliphatic carbocycles. The van der Waals surface area contributed by atoms with Crippen molar-refractivity contribution >= 4 is 28.5 Å². The Morgan fingerprint density at radius 1 is 1.38 bits per heavy atom.